The molecule has 2 N–H and O–H groups in total. The first kappa shape index (κ1) is 17.6. The Kier molecular flexibility index (Phi) is 6.45. The summed E-state index contributed by atoms with van der Waals surface area (Å²) in [4.78, 5) is 23.5. The van der Waals surface area contributed by atoms with E-state index < -0.39 is 6.09 Å². The predicted octanol–water partition coefficient (Wildman–Crippen LogP) is 3.47. The number of amides is 2. The number of methoxy groups -OCH3 is 1. The molecule has 0 aliphatic carbocycles. The van der Waals surface area contributed by atoms with Crippen molar-refractivity contribution in [3.8, 4) is 11.5 Å². The van der Waals surface area contributed by atoms with Gasteiger partial charge in [-0.05, 0) is 30.3 Å². The van der Waals surface area contributed by atoms with Crippen molar-refractivity contribution in [1.29, 1.82) is 0 Å². The molecular formula is C17H17ClN2O4. The number of halogens is 1. The molecule has 0 aliphatic rings. The molecule has 0 heterocycles. The molecule has 2 aromatic rings. The lowest BCUT2D eigenvalue weighted by Crippen LogP contribution is -2.30. The van der Waals surface area contributed by atoms with Crippen molar-refractivity contribution in [1.82, 2.24) is 5.32 Å². The molecule has 0 unspecified atom stereocenters. The number of rotatable bonds is 6. The first-order chi connectivity index (χ1) is 11.6. The van der Waals surface area contributed by atoms with Gasteiger partial charge < -0.3 is 20.1 Å². The molecule has 24 heavy (non-hydrogen) atoms. The van der Waals surface area contributed by atoms with Crippen LogP contribution in [0.2, 0.25) is 5.02 Å². The van der Waals surface area contributed by atoms with Gasteiger partial charge in [-0.3, -0.25) is 4.79 Å². The van der Waals surface area contributed by atoms with Gasteiger partial charge >= 0.3 is 6.09 Å². The zero-order chi connectivity index (χ0) is 17.4. The molecule has 0 saturated carbocycles. The summed E-state index contributed by atoms with van der Waals surface area (Å²) in [5.41, 5.74) is 0.474. The van der Waals surface area contributed by atoms with Gasteiger partial charge in [-0.15, -0.1) is 0 Å². The maximum Gasteiger partial charge on any atom is 0.412 e. The Bertz CT molecular complexity index is 707. The first-order valence-corrected chi connectivity index (χ1v) is 7.60. The zero-order valence-electron chi connectivity index (χ0n) is 13.0. The Morgan fingerprint density at radius 1 is 1.12 bits per heavy atom. The average molecular weight is 349 g/mol. The van der Waals surface area contributed by atoms with Gasteiger partial charge in [0.15, 0.2) is 0 Å². The molecule has 2 amide bonds. The van der Waals surface area contributed by atoms with Gasteiger partial charge in [0.2, 0.25) is 5.91 Å². The third-order valence-corrected chi connectivity index (χ3v) is 3.25. The molecule has 0 radical (unpaired) electrons. The molecule has 0 atom stereocenters. The van der Waals surface area contributed by atoms with Gasteiger partial charge in [-0.25, -0.2) is 4.79 Å². The fourth-order valence-electron chi connectivity index (χ4n) is 1.90. The van der Waals surface area contributed by atoms with E-state index in [1.165, 1.54) is 7.11 Å². The molecule has 0 saturated heterocycles. The van der Waals surface area contributed by atoms with Crippen LogP contribution in [0.15, 0.2) is 48.5 Å². The summed E-state index contributed by atoms with van der Waals surface area (Å²) in [6, 6.07) is 13.6. The van der Waals surface area contributed by atoms with Crippen molar-refractivity contribution >= 4 is 29.3 Å². The van der Waals surface area contributed by atoms with Crippen molar-refractivity contribution in [2.45, 2.75) is 6.42 Å². The molecule has 0 aliphatic heterocycles. The monoisotopic (exact) mass is 348 g/mol. The van der Waals surface area contributed by atoms with Crippen molar-refractivity contribution in [2.24, 2.45) is 0 Å². The molecule has 0 bridgehead atoms. The van der Waals surface area contributed by atoms with E-state index >= 15 is 0 Å². The second-order valence-electron chi connectivity index (χ2n) is 4.77. The van der Waals surface area contributed by atoms with Crippen LogP contribution in [0.1, 0.15) is 6.42 Å². The third kappa shape index (κ3) is 5.48. The van der Waals surface area contributed by atoms with Crippen LogP contribution < -0.4 is 20.1 Å². The molecule has 0 fully saturated rings. The Morgan fingerprint density at radius 3 is 2.58 bits per heavy atom. The number of hydrogen-bond donors (Lipinski definition) is 2. The Labute approximate surface area is 144 Å². The maximum absolute atomic E-state index is 11.9. The fraction of sp³-hybridized carbons (Fsp3) is 0.176. The van der Waals surface area contributed by atoms with Crippen molar-refractivity contribution in [3.05, 3.63) is 53.6 Å². The first-order valence-electron chi connectivity index (χ1n) is 7.22. The second-order valence-corrected chi connectivity index (χ2v) is 5.21. The van der Waals surface area contributed by atoms with E-state index in [1.54, 1.807) is 42.5 Å². The van der Waals surface area contributed by atoms with Crippen molar-refractivity contribution in [2.75, 3.05) is 19.0 Å². The smallest absolute Gasteiger partial charge is 0.412 e. The topological polar surface area (TPSA) is 76.7 Å². The average Bonchev–Trinajstić information content (AvgIpc) is 2.56. The summed E-state index contributed by atoms with van der Waals surface area (Å²) in [5.74, 6) is 0.655. The van der Waals surface area contributed by atoms with E-state index in [0.29, 0.717) is 22.2 Å². The van der Waals surface area contributed by atoms with Gasteiger partial charge in [0.25, 0.3) is 0 Å². The Hall–Kier alpha value is -2.73. The molecular weight excluding hydrogens is 332 g/mol. The lowest BCUT2D eigenvalue weighted by atomic mass is 10.2. The highest BCUT2D eigenvalue weighted by molar-refractivity contribution is 6.31. The molecule has 6 nitrogen and oxygen atoms in total. The zero-order valence-corrected chi connectivity index (χ0v) is 13.8. The number of carbonyl (C=O) groups excluding carboxylic acids is 2. The number of hydrogen-bond acceptors (Lipinski definition) is 4. The van der Waals surface area contributed by atoms with Gasteiger partial charge in [-0.2, -0.15) is 0 Å². The highest BCUT2D eigenvalue weighted by Gasteiger charge is 2.09. The predicted molar refractivity (Wildman–Crippen MR) is 91.7 cm³/mol. The minimum atomic E-state index is -0.616. The van der Waals surface area contributed by atoms with Crippen LogP contribution in [0.5, 0.6) is 11.5 Å². The largest absolute Gasteiger partial charge is 0.495 e. The molecule has 126 valence electrons. The number of nitrogens with one attached hydrogen (secondary N) is 2. The normalized spacial score (nSPS) is 9.92. The van der Waals surface area contributed by atoms with Crippen LogP contribution in [0, 0.1) is 0 Å². The van der Waals surface area contributed by atoms with Gasteiger partial charge in [0.05, 0.1) is 12.8 Å². The van der Waals surface area contributed by atoms with Gasteiger partial charge in [-0.1, -0.05) is 29.8 Å². The van der Waals surface area contributed by atoms with Crippen LogP contribution >= 0.6 is 11.6 Å². The Balaban J connectivity index is 1.77. The highest BCUT2D eigenvalue weighted by Crippen LogP contribution is 2.27. The van der Waals surface area contributed by atoms with Crippen LogP contribution in [-0.2, 0) is 4.79 Å². The summed E-state index contributed by atoms with van der Waals surface area (Å²) in [7, 11) is 1.50. The van der Waals surface area contributed by atoms with Crippen LogP contribution in [-0.4, -0.2) is 25.7 Å². The highest BCUT2D eigenvalue weighted by atomic mass is 35.5. The summed E-state index contributed by atoms with van der Waals surface area (Å²) in [6.07, 6.45) is -0.533. The summed E-state index contributed by atoms with van der Waals surface area (Å²) in [6.45, 7) is 0.139. The standard InChI is InChI=1S/C17H17ClN2O4/c1-23-15-8-7-12(18)11-14(15)20-16(21)9-10-19-17(22)24-13-5-3-2-4-6-13/h2-8,11H,9-10H2,1H3,(H,19,22)(H,20,21). The maximum atomic E-state index is 11.9. The lowest BCUT2D eigenvalue weighted by Gasteiger charge is -2.11. The summed E-state index contributed by atoms with van der Waals surface area (Å²) < 4.78 is 10.2. The number of carbonyl (C=O) groups is 2. The molecule has 0 spiro atoms. The summed E-state index contributed by atoms with van der Waals surface area (Å²) >= 11 is 5.90. The number of para-hydroxylation sites is 1. The van der Waals surface area contributed by atoms with Crippen molar-refractivity contribution in [3.63, 3.8) is 0 Å². The van der Waals surface area contributed by atoms with Crippen LogP contribution in [0.25, 0.3) is 0 Å². The summed E-state index contributed by atoms with van der Waals surface area (Å²) in [5, 5.41) is 5.68. The van der Waals surface area contributed by atoms with E-state index in [9.17, 15) is 9.59 Å². The molecule has 2 rings (SSSR count). The molecule has 0 aromatic heterocycles. The minimum Gasteiger partial charge on any atom is -0.495 e. The van der Waals surface area contributed by atoms with E-state index in [1.807, 2.05) is 6.07 Å². The van der Waals surface area contributed by atoms with Crippen LogP contribution in [0.3, 0.4) is 0 Å². The number of ether oxygens (including phenoxy) is 2. The quantitative estimate of drug-likeness (QED) is 0.838. The molecule has 2 aromatic carbocycles. The lowest BCUT2D eigenvalue weighted by molar-refractivity contribution is -0.116. The van der Waals surface area contributed by atoms with E-state index in [2.05, 4.69) is 10.6 Å². The SMILES string of the molecule is COc1ccc(Cl)cc1NC(=O)CCNC(=O)Oc1ccccc1. The van der Waals surface area contributed by atoms with E-state index in [-0.39, 0.29) is 18.9 Å². The minimum absolute atomic E-state index is 0.0829. The molecule has 7 heteroatoms. The van der Waals surface area contributed by atoms with Crippen molar-refractivity contribution < 1.29 is 19.1 Å². The number of benzene rings is 2. The third-order valence-electron chi connectivity index (χ3n) is 3.01. The Morgan fingerprint density at radius 2 is 1.88 bits per heavy atom. The van der Waals surface area contributed by atoms with Crippen LogP contribution in [0.4, 0.5) is 10.5 Å². The fourth-order valence-corrected chi connectivity index (χ4v) is 2.07. The van der Waals surface area contributed by atoms with Gasteiger partial charge in [0.1, 0.15) is 11.5 Å². The van der Waals surface area contributed by atoms with E-state index in [4.69, 9.17) is 21.1 Å². The van der Waals surface area contributed by atoms with Gasteiger partial charge in [0, 0.05) is 18.0 Å². The second kappa shape index (κ2) is 8.79. The number of anilines is 1. The van der Waals surface area contributed by atoms with E-state index in [0.717, 1.165) is 0 Å².